The molecule has 0 bridgehead atoms. The van der Waals surface area contributed by atoms with E-state index >= 15 is 0 Å². The van der Waals surface area contributed by atoms with Crippen molar-refractivity contribution in [3.05, 3.63) is 98.0 Å². The Labute approximate surface area is 206 Å². The minimum absolute atomic E-state index is 0.000356. The number of piperazine rings is 1. The van der Waals surface area contributed by atoms with Gasteiger partial charge in [-0.15, -0.1) is 0 Å². The fraction of sp³-hybridized carbons (Fsp3) is 0.321. The minimum Gasteiger partial charge on any atom is -0.360 e. The first kappa shape index (κ1) is 23.7. The summed E-state index contributed by atoms with van der Waals surface area (Å²) in [6.07, 6.45) is 0.427. The Bertz CT molecular complexity index is 1150. The van der Waals surface area contributed by atoms with Gasteiger partial charge in [0.05, 0.1) is 23.2 Å². The molecule has 3 aromatic carbocycles. The van der Waals surface area contributed by atoms with Crippen molar-refractivity contribution in [3.63, 3.8) is 0 Å². The van der Waals surface area contributed by atoms with Gasteiger partial charge >= 0.3 is 0 Å². The van der Waals surface area contributed by atoms with E-state index in [0.717, 1.165) is 27.4 Å². The van der Waals surface area contributed by atoms with E-state index < -0.39 is 0 Å². The van der Waals surface area contributed by atoms with E-state index in [1.165, 1.54) is 16.7 Å². The summed E-state index contributed by atoms with van der Waals surface area (Å²) in [6.45, 7) is 10.3. The molecular formula is C28H30Cl2N2O. The van der Waals surface area contributed by atoms with Crippen LogP contribution in [0.2, 0.25) is 10.0 Å². The summed E-state index contributed by atoms with van der Waals surface area (Å²) in [5, 5.41) is 1.44. The monoisotopic (exact) mass is 480 g/mol. The lowest BCUT2D eigenvalue weighted by atomic mass is 9.96. The van der Waals surface area contributed by atoms with Crippen LogP contribution in [-0.2, 0) is 11.2 Å². The molecule has 33 heavy (non-hydrogen) atoms. The van der Waals surface area contributed by atoms with Crippen LogP contribution < -0.4 is 4.90 Å². The number of carbonyl (C=O) groups is 1. The van der Waals surface area contributed by atoms with Gasteiger partial charge in [0.15, 0.2) is 0 Å². The van der Waals surface area contributed by atoms with E-state index in [2.05, 4.69) is 49.9 Å². The molecule has 0 saturated carbocycles. The van der Waals surface area contributed by atoms with E-state index in [4.69, 9.17) is 23.2 Å². The average Bonchev–Trinajstić information content (AvgIpc) is 2.76. The van der Waals surface area contributed by atoms with Crippen LogP contribution in [0.5, 0.6) is 0 Å². The van der Waals surface area contributed by atoms with Gasteiger partial charge in [-0.05, 0) is 79.8 Å². The van der Waals surface area contributed by atoms with Crippen molar-refractivity contribution in [1.29, 1.82) is 0 Å². The summed E-state index contributed by atoms with van der Waals surface area (Å²) in [4.78, 5) is 17.7. The largest absolute Gasteiger partial charge is 0.360 e. The van der Waals surface area contributed by atoms with Gasteiger partial charge in [0.2, 0.25) is 5.91 Å². The number of amides is 1. The molecule has 1 saturated heterocycles. The molecule has 0 spiro atoms. The quantitative estimate of drug-likeness (QED) is 0.407. The fourth-order valence-corrected chi connectivity index (χ4v) is 5.33. The van der Waals surface area contributed by atoms with Gasteiger partial charge in [-0.1, -0.05) is 59.1 Å². The molecule has 0 radical (unpaired) electrons. The number of hydrogen-bond acceptors (Lipinski definition) is 2. The highest BCUT2D eigenvalue weighted by Gasteiger charge is 2.32. The zero-order chi connectivity index (χ0) is 23.7. The maximum absolute atomic E-state index is 13.4. The third-order valence-corrected chi connectivity index (χ3v) is 7.12. The summed E-state index contributed by atoms with van der Waals surface area (Å²) in [5.74, 6) is 0.165. The van der Waals surface area contributed by atoms with Gasteiger partial charge in [-0.2, -0.15) is 0 Å². The third-order valence-electron chi connectivity index (χ3n) is 6.57. The van der Waals surface area contributed by atoms with Gasteiger partial charge in [0.1, 0.15) is 0 Å². The molecule has 0 aromatic heterocycles. The zero-order valence-corrected chi connectivity index (χ0v) is 21.2. The van der Waals surface area contributed by atoms with Crippen molar-refractivity contribution in [1.82, 2.24) is 4.90 Å². The second-order valence-electron chi connectivity index (χ2n) is 9.11. The molecule has 1 heterocycles. The molecule has 3 aromatic rings. The number of hydrogen-bond donors (Lipinski definition) is 0. The second-order valence-corrected chi connectivity index (χ2v) is 9.95. The Morgan fingerprint density at radius 3 is 2.18 bits per heavy atom. The van der Waals surface area contributed by atoms with Gasteiger partial charge in [0, 0.05) is 24.7 Å². The first-order valence-electron chi connectivity index (χ1n) is 11.4. The summed E-state index contributed by atoms with van der Waals surface area (Å²) < 4.78 is 0. The van der Waals surface area contributed by atoms with E-state index in [1.54, 1.807) is 0 Å². The first-order chi connectivity index (χ1) is 15.7. The van der Waals surface area contributed by atoms with Crippen LogP contribution in [0.15, 0.2) is 54.6 Å². The van der Waals surface area contributed by atoms with Crippen molar-refractivity contribution >= 4 is 34.8 Å². The Balaban J connectivity index is 1.62. The lowest BCUT2D eigenvalue weighted by molar-refractivity contribution is -0.131. The maximum Gasteiger partial charge on any atom is 0.227 e. The number of nitrogens with zero attached hydrogens (tertiary/aromatic N) is 2. The number of aryl methyl sites for hydroxylation is 4. The molecule has 1 aliphatic rings. The molecule has 0 N–H and O–H groups in total. The van der Waals surface area contributed by atoms with Crippen LogP contribution in [0.1, 0.15) is 39.4 Å². The average molecular weight is 481 g/mol. The van der Waals surface area contributed by atoms with Gasteiger partial charge < -0.3 is 9.80 Å². The van der Waals surface area contributed by atoms with E-state index in [1.807, 2.05) is 42.2 Å². The van der Waals surface area contributed by atoms with E-state index in [0.29, 0.717) is 31.1 Å². The standard InChI is InChI=1S/C28H30Cl2N2O/c1-18-5-10-26(25(30)15-18)32-12-11-31(17-27(32)22-6-8-23(29)9-7-22)28(33)16-24-20(3)13-19(2)14-21(24)4/h5-10,13-15,27H,11-12,16-17H2,1-4H3. The van der Waals surface area contributed by atoms with Crippen molar-refractivity contribution in [2.24, 2.45) is 0 Å². The summed E-state index contributed by atoms with van der Waals surface area (Å²) >= 11 is 12.8. The first-order valence-corrected chi connectivity index (χ1v) is 12.1. The molecule has 1 unspecified atom stereocenters. The summed E-state index contributed by atoms with van der Waals surface area (Å²) in [6, 6.07) is 18.4. The molecule has 1 aliphatic heterocycles. The van der Waals surface area contributed by atoms with E-state index in [9.17, 15) is 4.79 Å². The summed E-state index contributed by atoms with van der Waals surface area (Å²) in [5.41, 5.74) is 7.98. The van der Waals surface area contributed by atoms with Gasteiger partial charge in [-0.25, -0.2) is 0 Å². The van der Waals surface area contributed by atoms with Crippen LogP contribution in [0.3, 0.4) is 0 Å². The SMILES string of the molecule is Cc1cc(C)c(CC(=O)N2CCN(c3ccc(C)cc3Cl)C(c3ccc(Cl)cc3)C2)c(C)c1. The highest BCUT2D eigenvalue weighted by atomic mass is 35.5. The van der Waals surface area contributed by atoms with Crippen LogP contribution >= 0.6 is 23.2 Å². The van der Waals surface area contributed by atoms with Crippen molar-refractivity contribution in [2.75, 3.05) is 24.5 Å². The number of anilines is 1. The number of rotatable bonds is 4. The van der Waals surface area contributed by atoms with Crippen LogP contribution in [0.25, 0.3) is 0 Å². The topological polar surface area (TPSA) is 23.6 Å². The molecule has 0 aliphatic carbocycles. The predicted octanol–water partition coefficient (Wildman–Crippen LogP) is 6.86. The fourth-order valence-electron chi connectivity index (χ4n) is 4.86. The molecule has 172 valence electrons. The van der Waals surface area contributed by atoms with Crippen molar-refractivity contribution in [3.8, 4) is 0 Å². The number of carbonyl (C=O) groups excluding carboxylic acids is 1. The van der Waals surface area contributed by atoms with Gasteiger partial charge in [-0.3, -0.25) is 4.79 Å². The molecule has 5 heteroatoms. The lowest BCUT2D eigenvalue weighted by Crippen LogP contribution is -2.51. The highest BCUT2D eigenvalue weighted by Crippen LogP contribution is 2.36. The molecule has 1 atom stereocenters. The summed E-state index contributed by atoms with van der Waals surface area (Å²) in [7, 11) is 0. The molecule has 1 amide bonds. The van der Waals surface area contributed by atoms with Gasteiger partial charge in [0.25, 0.3) is 0 Å². The second kappa shape index (κ2) is 9.79. The number of halogens is 2. The van der Waals surface area contributed by atoms with Crippen molar-refractivity contribution < 1.29 is 4.79 Å². The highest BCUT2D eigenvalue weighted by molar-refractivity contribution is 6.33. The molecule has 3 nitrogen and oxygen atoms in total. The van der Waals surface area contributed by atoms with E-state index in [-0.39, 0.29) is 11.9 Å². The Morgan fingerprint density at radius 2 is 1.55 bits per heavy atom. The predicted molar refractivity (Wildman–Crippen MR) is 139 cm³/mol. The number of benzene rings is 3. The maximum atomic E-state index is 13.4. The molecule has 1 fully saturated rings. The normalized spacial score (nSPS) is 16.2. The van der Waals surface area contributed by atoms with Crippen LogP contribution in [0.4, 0.5) is 5.69 Å². The Kier molecular flexibility index (Phi) is 7.02. The molecular weight excluding hydrogens is 451 g/mol. The van der Waals surface area contributed by atoms with Crippen LogP contribution in [0, 0.1) is 27.7 Å². The molecule has 4 rings (SSSR count). The van der Waals surface area contributed by atoms with Crippen molar-refractivity contribution in [2.45, 2.75) is 40.2 Å². The minimum atomic E-state index is 0.000356. The smallest absolute Gasteiger partial charge is 0.227 e. The zero-order valence-electron chi connectivity index (χ0n) is 19.7. The Morgan fingerprint density at radius 1 is 0.879 bits per heavy atom. The van der Waals surface area contributed by atoms with Crippen LogP contribution in [-0.4, -0.2) is 30.4 Å². The lowest BCUT2D eigenvalue weighted by Gasteiger charge is -2.43. The Hall–Kier alpha value is -2.49. The third kappa shape index (κ3) is 5.20.